The number of nitrogens with zero attached hydrogens (tertiary/aromatic N) is 1. The Morgan fingerprint density at radius 1 is 1.50 bits per heavy atom. The Morgan fingerprint density at radius 3 is 2.43 bits per heavy atom. The highest BCUT2D eigenvalue weighted by molar-refractivity contribution is 5.99. The maximum Gasteiger partial charge on any atom is 0.176 e. The second-order valence-corrected chi connectivity index (χ2v) is 2.11. The van der Waals surface area contributed by atoms with Crippen molar-refractivity contribution in [3.63, 3.8) is 0 Å². The fourth-order valence-electron chi connectivity index (χ4n) is 0.649. The Bertz CT molecular complexity index is 267. The minimum Gasteiger partial charge on any atom is -0.293 e. The maximum atomic E-state index is 11.1. The molecule has 2 nitrogen and oxygen atoms in total. The van der Waals surface area contributed by atoms with Gasteiger partial charge in [-0.25, -0.2) is 0 Å². The monoisotopic (exact) mass is 191 g/mol. The van der Waals surface area contributed by atoms with Crippen LogP contribution in [-0.2, 0) is 4.79 Å². The molecule has 14 heavy (non-hydrogen) atoms. The average Bonchev–Trinajstić information content (AvgIpc) is 2.22. The molecule has 0 bridgehead atoms. The highest BCUT2D eigenvalue weighted by Crippen LogP contribution is 2.01. The average molecular weight is 191 g/mol. The minimum absolute atomic E-state index is 0.0879. The third kappa shape index (κ3) is 7.05. The molecule has 0 aromatic heterocycles. The fourth-order valence-corrected chi connectivity index (χ4v) is 0.649. The van der Waals surface area contributed by atoms with Crippen LogP contribution in [0.3, 0.4) is 0 Å². The zero-order valence-corrected chi connectivity index (χ0v) is 9.08. The zero-order valence-electron chi connectivity index (χ0n) is 9.08. The van der Waals surface area contributed by atoms with E-state index in [9.17, 15) is 4.79 Å². The van der Waals surface area contributed by atoms with Gasteiger partial charge in [-0.15, -0.1) is 0 Å². The molecule has 0 aliphatic carbocycles. The van der Waals surface area contributed by atoms with E-state index in [1.54, 1.807) is 18.2 Å². The van der Waals surface area contributed by atoms with Crippen molar-refractivity contribution < 1.29 is 4.79 Å². The molecule has 0 heterocycles. The van der Waals surface area contributed by atoms with Crippen LogP contribution in [0, 0.1) is 11.3 Å². The van der Waals surface area contributed by atoms with Gasteiger partial charge in [0.05, 0.1) is 12.5 Å². The molecule has 2 heteroatoms. The number of nitriles is 1. The van der Waals surface area contributed by atoms with E-state index in [0.717, 1.165) is 0 Å². The van der Waals surface area contributed by atoms with Crippen molar-refractivity contribution in [1.29, 1.82) is 5.26 Å². The Morgan fingerprint density at radius 2 is 2.07 bits per heavy atom. The standard InChI is InChI=1S/C10H11NO.C2H6/c1-3-5-6-9(4-2)10(12)7-8-11;1-2/h3-6H,2,7H2,1H3;1-2H3/b5-3-,9-6+;. The summed E-state index contributed by atoms with van der Waals surface area (Å²) in [5.41, 5.74) is 0.481. The molecular weight excluding hydrogens is 174 g/mol. The third-order valence-electron chi connectivity index (χ3n) is 1.25. The van der Waals surface area contributed by atoms with Crippen LogP contribution in [-0.4, -0.2) is 5.78 Å². The first-order valence-electron chi connectivity index (χ1n) is 4.61. The van der Waals surface area contributed by atoms with Crippen molar-refractivity contribution in [1.82, 2.24) is 0 Å². The first kappa shape index (κ1) is 14.9. The summed E-state index contributed by atoms with van der Waals surface area (Å²) in [4.78, 5) is 11.1. The summed E-state index contributed by atoms with van der Waals surface area (Å²) in [5.74, 6) is -0.189. The van der Waals surface area contributed by atoms with Crippen molar-refractivity contribution in [3.05, 3.63) is 36.5 Å². The number of carbonyl (C=O) groups is 1. The minimum atomic E-state index is -0.189. The van der Waals surface area contributed by atoms with Crippen molar-refractivity contribution >= 4 is 5.78 Å². The predicted molar refractivity (Wildman–Crippen MR) is 59.7 cm³/mol. The number of hydrogen-bond acceptors (Lipinski definition) is 2. The van der Waals surface area contributed by atoms with E-state index in [2.05, 4.69) is 6.58 Å². The van der Waals surface area contributed by atoms with Crippen molar-refractivity contribution in [2.24, 2.45) is 0 Å². The quantitative estimate of drug-likeness (QED) is 0.505. The van der Waals surface area contributed by atoms with Gasteiger partial charge >= 0.3 is 0 Å². The molecule has 0 saturated carbocycles. The SMILES string of the molecule is C=C/C(=C\C=C/C)C(=O)CC#N.CC. The first-order valence-corrected chi connectivity index (χ1v) is 4.61. The molecule has 0 spiro atoms. The van der Waals surface area contributed by atoms with E-state index in [-0.39, 0.29) is 12.2 Å². The highest BCUT2D eigenvalue weighted by atomic mass is 16.1. The molecule has 0 radical (unpaired) electrons. The number of allylic oxidation sites excluding steroid dienone is 5. The van der Waals surface area contributed by atoms with Gasteiger partial charge in [-0.1, -0.05) is 44.7 Å². The number of hydrogen-bond donors (Lipinski definition) is 0. The molecule has 0 atom stereocenters. The van der Waals surface area contributed by atoms with E-state index in [1.165, 1.54) is 6.08 Å². The topological polar surface area (TPSA) is 40.9 Å². The molecule has 0 aromatic carbocycles. The van der Waals surface area contributed by atoms with Crippen molar-refractivity contribution in [3.8, 4) is 6.07 Å². The fraction of sp³-hybridized carbons (Fsp3) is 0.333. The molecule has 0 amide bonds. The lowest BCUT2D eigenvalue weighted by molar-refractivity contribution is -0.114. The van der Waals surface area contributed by atoms with E-state index in [0.29, 0.717) is 5.57 Å². The molecule has 0 aliphatic heterocycles. The van der Waals surface area contributed by atoms with Crippen molar-refractivity contribution in [2.75, 3.05) is 0 Å². The highest BCUT2D eigenvalue weighted by Gasteiger charge is 2.02. The van der Waals surface area contributed by atoms with Crippen LogP contribution < -0.4 is 0 Å². The largest absolute Gasteiger partial charge is 0.293 e. The van der Waals surface area contributed by atoms with Gasteiger partial charge in [0.1, 0.15) is 0 Å². The summed E-state index contributed by atoms with van der Waals surface area (Å²) in [6.45, 7) is 9.34. The Kier molecular flexibility index (Phi) is 12.1. The van der Waals surface area contributed by atoms with Crippen LogP contribution >= 0.6 is 0 Å². The molecule has 0 aliphatic rings. The van der Waals surface area contributed by atoms with Crippen LogP contribution in [0.1, 0.15) is 27.2 Å². The number of ketones is 1. The molecule has 0 N–H and O–H groups in total. The van der Waals surface area contributed by atoms with Gasteiger partial charge in [0, 0.05) is 5.57 Å². The summed E-state index contributed by atoms with van der Waals surface area (Å²) >= 11 is 0. The molecule has 0 unspecified atom stereocenters. The van der Waals surface area contributed by atoms with Gasteiger partial charge in [0.2, 0.25) is 0 Å². The van der Waals surface area contributed by atoms with E-state index < -0.39 is 0 Å². The Hall–Kier alpha value is -1.62. The van der Waals surface area contributed by atoms with Gasteiger partial charge in [0.15, 0.2) is 5.78 Å². The van der Waals surface area contributed by atoms with Crippen LogP contribution in [0.25, 0.3) is 0 Å². The van der Waals surface area contributed by atoms with Crippen LogP contribution in [0.5, 0.6) is 0 Å². The lowest BCUT2D eigenvalue weighted by Gasteiger charge is -1.92. The third-order valence-corrected chi connectivity index (χ3v) is 1.25. The molecule has 0 saturated heterocycles. The van der Waals surface area contributed by atoms with E-state index in [1.807, 2.05) is 26.8 Å². The zero-order chi connectivity index (χ0) is 11.4. The summed E-state index contributed by atoms with van der Waals surface area (Å²) in [5, 5.41) is 8.26. The molecule has 0 rings (SSSR count). The maximum absolute atomic E-state index is 11.1. The Labute approximate surface area is 86.2 Å². The molecule has 0 fully saturated rings. The summed E-state index contributed by atoms with van der Waals surface area (Å²) in [7, 11) is 0. The van der Waals surface area contributed by atoms with E-state index in [4.69, 9.17) is 5.26 Å². The smallest absolute Gasteiger partial charge is 0.176 e. The van der Waals surface area contributed by atoms with Gasteiger partial charge in [-0.2, -0.15) is 5.26 Å². The number of carbonyl (C=O) groups excluding carboxylic acids is 1. The summed E-state index contributed by atoms with van der Waals surface area (Å²) in [6.07, 6.45) is 6.57. The predicted octanol–water partition coefficient (Wildman–Crippen LogP) is 3.18. The van der Waals surface area contributed by atoms with Crippen LogP contribution in [0.15, 0.2) is 36.5 Å². The van der Waals surface area contributed by atoms with Gasteiger partial charge in [-0.3, -0.25) is 4.79 Å². The first-order chi connectivity index (χ1) is 6.76. The van der Waals surface area contributed by atoms with Crippen LogP contribution in [0.2, 0.25) is 0 Å². The summed E-state index contributed by atoms with van der Waals surface area (Å²) < 4.78 is 0. The molecular formula is C12H17NO. The molecule has 0 aromatic rings. The Balaban J connectivity index is 0. The van der Waals surface area contributed by atoms with Gasteiger partial charge < -0.3 is 0 Å². The second-order valence-electron chi connectivity index (χ2n) is 2.11. The lowest BCUT2D eigenvalue weighted by Crippen LogP contribution is -1.97. The molecule has 76 valence electrons. The summed E-state index contributed by atoms with van der Waals surface area (Å²) in [6, 6.07) is 1.80. The number of Topliss-reactive ketones (excluding diaryl/α,β-unsaturated/α-hetero) is 1. The lowest BCUT2D eigenvalue weighted by atomic mass is 10.1. The van der Waals surface area contributed by atoms with Gasteiger partial charge in [-0.05, 0) is 6.92 Å². The normalized spacial score (nSPS) is 10.0. The van der Waals surface area contributed by atoms with Gasteiger partial charge in [0.25, 0.3) is 0 Å². The van der Waals surface area contributed by atoms with E-state index >= 15 is 0 Å². The second kappa shape index (κ2) is 11.4. The van der Waals surface area contributed by atoms with Crippen molar-refractivity contribution in [2.45, 2.75) is 27.2 Å². The van der Waals surface area contributed by atoms with Crippen LogP contribution in [0.4, 0.5) is 0 Å². The number of rotatable bonds is 4.